The van der Waals surface area contributed by atoms with Gasteiger partial charge in [0.15, 0.2) is 0 Å². The fraction of sp³-hybridized carbons (Fsp3) is 0.880. The van der Waals surface area contributed by atoms with Gasteiger partial charge in [0.1, 0.15) is 6.04 Å². The minimum Gasteiger partial charge on any atom is -0.396 e. The molecule has 0 radical (unpaired) electrons. The number of hydrogen-bond acceptors (Lipinski definition) is 5. The standard InChI is InChI=1S/C25H43N3O4S/c1-15-13-16-17(20(30)26-7)18-22(32)28(11-9-8-10-12-29)19(25(15,18)33-16)21(31)27-24(5,6)14-23(2,3)4/h15-19,29H,8-14H2,1-7H3,(H,26,30)(H,27,31)/t15?,16-,17+,18+,19?,25?/m1/s1. The topological polar surface area (TPSA) is 98.7 Å². The van der Waals surface area contributed by atoms with Crippen molar-refractivity contribution in [2.24, 2.45) is 23.2 Å². The van der Waals surface area contributed by atoms with Gasteiger partial charge in [0.2, 0.25) is 17.7 Å². The molecule has 6 atom stereocenters. The lowest BCUT2D eigenvalue weighted by atomic mass is 9.65. The van der Waals surface area contributed by atoms with E-state index in [1.807, 2.05) is 13.8 Å². The van der Waals surface area contributed by atoms with Crippen LogP contribution >= 0.6 is 11.8 Å². The summed E-state index contributed by atoms with van der Waals surface area (Å²) in [6.45, 7) is 13.3. The number of likely N-dealkylation sites (tertiary alicyclic amines) is 1. The maximum Gasteiger partial charge on any atom is 0.244 e. The van der Waals surface area contributed by atoms with Gasteiger partial charge in [-0.05, 0) is 57.3 Å². The number of aliphatic hydroxyl groups is 1. The second-order valence-electron chi connectivity index (χ2n) is 12.1. The normalized spacial score (nSPS) is 33.4. The number of carbonyl (C=O) groups is 3. The SMILES string of the molecule is CNC(=O)[C@@H]1[C@H]2C(=O)N(CCCCCO)C(C(=O)NC(C)(C)CC(C)(C)C)C23S[C@@H]1CC3C. The molecule has 0 aromatic carbocycles. The average molecular weight is 482 g/mol. The monoisotopic (exact) mass is 481 g/mol. The Bertz CT molecular complexity index is 780. The first-order chi connectivity index (χ1) is 15.3. The summed E-state index contributed by atoms with van der Waals surface area (Å²) >= 11 is 1.71. The van der Waals surface area contributed by atoms with E-state index in [0.29, 0.717) is 13.0 Å². The van der Waals surface area contributed by atoms with E-state index >= 15 is 0 Å². The van der Waals surface area contributed by atoms with Crippen LogP contribution in [0.2, 0.25) is 0 Å². The van der Waals surface area contributed by atoms with Crippen molar-refractivity contribution in [2.75, 3.05) is 20.2 Å². The molecule has 2 bridgehead atoms. The fourth-order valence-electron chi connectivity index (χ4n) is 6.87. The van der Waals surface area contributed by atoms with E-state index in [0.717, 1.165) is 25.7 Å². The van der Waals surface area contributed by atoms with Crippen LogP contribution in [0.25, 0.3) is 0 Å². The van der Waals surface area contributed by atoms with Gasteiger partial charge < -0.3 is 20.6 Å². The van der Waals surface area contributed by atoms with Gasteiger partial charge >= 0.3 is 0 Å². The molecule has 3 unspecified atom stereocenters. The van der Waals surface area contributed by atoms with Crippen LogP contribution in [0.15, 0.2) is 0 Å². The first kappa shape index (κ1) is 26.3. The predicted molar refractivity (Wildman–Crippen MR) is 132 cm³/mol. The van der Waals surface area contributed by atoms with Gasteiger partial charge in [-0.25, -0.2) is 0 Å². The van der Waals surface area contributed by atoms with E-state index < -0.39 is 22.2 Å². The minimum absolute atomic E-state index is 0.0469. The van der Waals surface area contributed by atoms with Crippen LogP contribution in [0, 0.1) is 23.2 Å². The number of amides is 3. The molecule has 3 rings (SSSR count). The number of rotatable bonds is 9. The Morgan fingerprint density at radius 3 is 2.39 bits per heavy atom. The zero-order valence-electron chi connectivity index (χ0n) is 21.4. The van der Waals surface area contributed by atoms with Gasteiger partial charge in [0.25, 0.3) is 0 Å². The van der Waals surface area contributed by atoms with Crippen LogP contribution in [-0.2, 0) is 14.4 Å². The molecule has 8 heteroatoms. The lowest BCUT2D eigenvalue weighted by molar-refractivity contribution is -0.140. The molecular weight excluding hydrogens is 438 g/mol. The number of nitrogens with one attached hydrogen (secondary N) is 2. The fourth-order valence-corrected chi connectivity index (χ4v) is 9.29. The van der Waals surface area contributed by atoms with Crippen molar-refractivity contribution in [3.63, 3.8) is 0 Å². The van der Waals surface area contributed by atoms with Crippen molar-refractivity contribution >= 4 is 29.5 Å². The molecule has 7 nitrogen and oxygen atoms in total. The Balaban J connectivity index is 1.95. The molecule has 3 amide bonds. The minimum atomic E-state index is -0.581. The average Bonchev–Trinajstić information content (AvgIpc) is 3.26. The smallest absolute Gasteiger partial charge is 0.244 e. The molecule has 3 saturated heterocycles. The molecule has 0 aromatic rings. The lowest BCUT2D eigenvalue weighted by Crippen LogP contribution is -2.60. The predicted octanol–water partition coefficient (Wildman–Crippen LogP) is 2.56. The first-order valence-corrected chi connectivity index (χ1v) is 13.3. The number of hydrogen-bond donors (Lipinski definition) is 3. The Labute approximate surface area is 203 Å². The lowest BCUT2D eigenvalue weighted by Gasteiger charge is -2.41. The molecule has 3 fully saturated rings. The summed E-state index contributed by atoms with van der Waals surface area (Å²) in [7, 11) is 1.63. The number of thioether (sulfide) groups is 1. The third kappa shape index (κ3) is 4.79. The number of nitrogens with zero attached hydrogens (tertiary/aromatic N) is 1. The van der Waals surface area contributed by atoms with Gasteiger partial charge in [-0.15, -0.1) is 11.8 Å². The molecule has 3 heterocycles. The molecular formula is C25H43N3O4S. The van der Waals surface area contributed by atoms with Crippen molar-refractivity contribution in [1.82, 2.24) is 15.5 Å². The van der Waals surface area contributed by atoms with E-state index in [9.17, 15) is 14.4 Å². The molecule has 188 valence electrons. The van der Waals surface area contributed by atoms with Gasteiger partial charge in [-0.1, -0.05) is 27.7 Å². The molecule has 0 aromatic heterocycles. The summed E-state index contributed by atoms with van der Waals surface area (Å²) in [5.41, 5.74) is -0.369. The van der Waals surface area contributed by atoms with Gasteiger partial charge in [0, 0.05) is 31.0 Å². The number of unbranched alkanes of at least 4 members (excludes halogenated alkanes) is 2. The van der Waals surface area contributed by atoms with Crippen LogP contribution in [0.3, 0.4) is 0 Å². The Morgan fingerprint density at radius 1 is 1.15 bits per heavy atom. The van der Waals surface area contributed by atoms with Gasteiger partial charge in [-0.2, -0.15) is 0 Å². The highest BCUT2D eigenvalue weighted by Crippen LogP contribution is 2.68. The van der Waals surface area contributed by atoms with Crippen molar-refractivity contribution in [1.29, 1.82) is 0 Å². The Kier molecular flexibility index (Phi) is 7.50. The summed E-state index contributed by atoms with van der Waals surface area (Å²) in [5, 5.41) is 15.3. The molecule has 3 N–H and O–H groups in total. The zero-order chi connectivity index (χ0) is 24.8. The highest BCUT2D eigenvalue weighted by molar-refractivity contribution is 8.02. The van der Waals surface area contributed by atoms with E-state index in [2.05, 4.69) is 38.3 Å². The molecule has 3 aliphatic heterocycles. The highest BCUT2D eigenvalue weighted by Gasteiger charge is 2.75. The van der Waals surface area contributed by atoms with Gasteiger partial charge in [0.05, 0.1) is 16.6 Å². The second kappa shape index (κ2) is 9.40. The summed E-state index contributed by atoms with van der Waals surface area (Å²) in [6, 6.07) is -0.581. The Morgan fingerprint density at radius 2 is 1.82 bits per heavy atom. The quantitative estimate of drug-likeness (QED) is 0.440. The summed E-state index contributed by atoms with van der Waals surface area (Å²) in [5.74, 6) is -0.914. The maximum atomic E-state index is 13.9. The third-order valence-corrected chi connectivity index (χ3v) is 9.61. The molecule has 3 aliphatic rings. The summed E-state index contributed by atoms with van der Waals surface area (Å²) < 4.78 is -0.572. The molecule has 1 spiro atoms. The van der Waals surface area contributed by atoms with E-state index in [1.165, 1.54) is 0 Å². The van der Waals surface area contributed by atoms with Crippen LogP contribution in [-0.4, -0.2) is 69.5 Å². The van der Waals surface area contributed by atoms with Crippen LogP contribution in [0.5, 0.6) is 0 Å². The van der Waals surface area contributed by atoms with Crippen LogP contribution in [0.1, 0.15) is 73.6 Å². The summed E-state index contributed by atoms with van der Waals surface area (Å²) in [6.07, 6.45) is 3.87. The van der Waals surface area contributed by atoms with Crippen molar-refractivity contribution < 1.29 is 19.5 Å². The number of carbonyl (C=O) groups excluding carboxylic acids is 3. The Hall–Kier alpha value is -1.28. The van der Waals surface area contributed by atoms with Crippen molar-refractivity contribution in [3.05, 3.63) is 0 Å². The van der Waals surface area contributed by atoms with E-state index in [1.54, 1.807) is 23.7 Å². The number of fused-ring (bicyclic) bond motifs is 1. The summed E-state index contributed by atoms with van der Waals surface area (Å²) in [4.78, 5) is 42.4. The van der Waals surface area contributed by atoms with E-state index in [4.69, 9.17) is 5.11 Å². The number of aliphatic hydroxyl groups excluding tert-OH is 1. The van der Waals surface area contributed by atoms with Crippen LogP contribution < -0.4 is 10.6 Å². The van der Waals surface area contributed by atoms with E-state index in [-0.39, 0.29) is 46.8 Å². The second-order valence-corrected chi connectivity index (χ2v) is 13.6. The third-order valence-electron chi connectivity index (χ3n) is 7.53. The molecule has 33 heavy (non-hydrogen) atoms. The maximum absolute atomic E-state index is 13.9. The van der Waals surface area contributed by atoms with Gasteiger partial charge in [-0.3, -0.25) is 14.4 Å². The first-order valence-electron chi connectivity index (χ1n) is 12.4. The molecule has 0 aliphatic carbocycles. The van der Waals surface area contributed by atoms with Crippen LogP contribution in [0.4, 0.5) is 0 Å². The molecule has 0 saturated carbocycles. The van der Waals surface area contributed by atoms with Crippen molar-refractivity contribution in [2.45, 2.75) is 95.2 Å². The largest absolute Gasteiger partial charge is 0.396 e. The zero-order valence-corrected chi connectivity index (χ0v) is 22.2. The van der Waals surface area contributed by atoms with Crippen molar-refractivity contribution in [3.8, 4) is 0 Å². The highest BCUT2D eigenvalue weighted by atomic mass is 32.2.